The van der Waals surface area contributed by atoms with E-state index in [1.165, 1.54) is 94.0 Å². The van der Waals surface area contributed by atoms with Crippen LogP contribution in [0.25, 0.3) is 71.5 Å². The standard InChI is InChI=1S/C48H45N3/c1-45(2)26-47(5,6)43-40(45)38-33-22-30(37-31(28-16-11-9-12-17-28)20-15-21-32(37)29-18-13-10-14-19-29)23-34-39-36(51(42(33)34)35(38)24-49-43)25-50-44-41(39)46(3,4)27-48(44,7)8/h9-25H,26-27H2,1-8H3. The first-order valence-electron chi connectivity index (χ1n) is 18.6. The van der Waals surface area contributed by atoms with Crippen LogP contribution < -0.4 is 0 Å². The Hall–Kier alpha value is -5.02. The first-order valence-corrected chi connectivity index (χ1v) is 18.6. The highest BCUT2D eigenvalue weighted by Gasteiger charge is 2.47. The molecule has 0 saturated heterocycles. The lowest BCUT2D eigenvalue weighted by Crippen LogP contribution is -2.18. The van der Waals surface area contributed by atoms with Gasteiger partial charge in [0, 0.05) is 32.4 Å². The highest BCUT2D eigenvalue weighted by atomic mass is 15.0. The summed E-state index contributed by atoms with van der Waals surface area (Å²) < 4.78 is 2.52. The second kappa shape index (κ2) is 9.85. The molecule has 0 fully saturated rings. The molecule has 0 radical (unpaired) electrons. The number of fused-ring (bicyclic) bond motifs is 10. The Kier molecular flexibility index (Phi) is 5.94. The Morgan fingerprint density at radius 1 is 0.490 bits per heavy atom. The van der Waals surface area contributed by atoms with Gasteiger partial charge in [0.15, 0.2) is 0 Å². The molecule has 2 aliphatic carbocycles. The van der Waals surface area contributed by atoms with Crippen molar-refractivity contribution in [3.63, 3.8) is 0 Å². The minimum absolute atomic E-state index is 0.00227. The van der Waals surface area contributed by atoms with Gasteiger partial charge in [-0.05, 0) is 80.3 Å². The van der Waals surface area contributed by atoms with Crippen molar-refractivity contribution in [3.8, 4) is 33.4 Å². The van der Waals surface area contributed by atoms with Crippen molar-refractivity contribution in [1.82, 2.24) is 14.4 Å². The number of rotatable bonds is 3. The van der Waals surface area contributed by atoms with Crippen molar-refractivity contribution in [1.29, 1.82) is 0 Å². The highest BCUT2D eigenvalue weighted by Crippen LogP contribution is 2.57. The average Bonchev–Trinajstić information content (AvgIpc) is 3.73. The van der Waals surface area contributed by atoms with Gasteiger partial charge >= 0.3 is 0 Å². The summed E-state index contributed by atoms with van der Waals surface area (Å²) in [5.74, 6) is 0. The molecule has 3 heteroatoms. The summed E-state index contributed by atoms with van der Waals surface area (Å²) >= 11 is 0. The normalized spacial score (nSPS) is 18.3. The molecule has 8 aromatic rings. The van der Waals surface area contributed by atoms with Gasteiger partial charge in [0.25, 0.3) is 0 Å². The van der Waals surface area contributed by atoms with Crippen molar-refractivity contribution >= 4 is 38.1 Å². The number of aromatic nitrogens is 3. The minimum Gasteiger partial charge on any atom is -0.305 e. The second-order valence-electron chi connectivity index (χ2n) is 18.1. The molecule has 4 aromatic heterocycles. The van der Waals surface area contributed by atoms with E-state index in [4.69, 9.17) is 9.97 Å². The lowest BCUT2D eigenvalue weighted by molar-refractivity contribution is 0.400. The quantitative estimate of drug-likeness (QED) is 0.188. The van der Waals surface area contributed by atoms with Gasteiger partial charge in [0.05, 0.1) is 40.3 Å². The Labute approximate surface area is 300 Å². The number of hydrogen-bond donors (Lipinski definition) is 0. The van der Waals surface area contributed by atoms with E-state index in [-0.39, 0.29) is 21.7 Å². The van der Waals surface area contributed by atoms with Gasteiger partial charge in [-0.1, -0.05) is 134 Å². The zero-order valence-corrected chi connectivity index (χ0v) is 31.1. The lowest BCUT2D eigenvalue weighted by Gasteiger charge is -2.22. The predicted molar refractivity (Wildman–Crippen MR) is 214 cm³/mol. The number of hydrogen-bond acceptors (Lipinski definition) is 2. The molecule has 252 valence electrons. The summed E-state index contributed by atoms with van der Waals surface area (Å²) in [5, 5.41) is 5.36. The van der Waals surface area contributed by atoms with Crippen LogP contribution in [-0.4, -0.2) is 14.4 Å². The summed E-state index contributed by atoms with van der Waals surface area (Å²) in [5.41, 5.74) is 16.5. The van der Waals surface area contributed by atoms with Gasteiger partial charge in [-0.3, -0.25) is 9.97 Å². The van der Waals surface area contributed by atoms with E-state index in [2.05, 4.69) is 163 Å². The Morgan fingerprint density at radius 2 is 0.922 bits per heavy atom. The molecule has 0 bridgehead atoms. The van der Waals surface area contributed by atoms with Gasteiger partial charge in [0.2, 0.25) is 0 Å². The molecule has 0 spiro atoms. The molecular weight excluding hydrogens is 619 g/mol. The summed E-state index contributed by atoms with van der Waals surface area (Å²) in [6.45, 7) is 19.2. The third kappa shape index (κ3) is 4.06. The predicted octanol–water partition coefficient (Wildman–Crippen LogP) is 12.5. The monoisotopic (exact) mass is 663 g/mol. The van der Waals surface area contributed by atoms with E-state index >= 15 is 0 Å². The summed E-state index contributed by atoms with van der Waals surface area (Å²) in [6, 6.07) is 33.7. The first kappa shape index (κ1) is 30.8. The van der Waals surface area contributed by atoms with Crippen molar-refractivity contribution in [2.24, 2.45) is 0 Å². The van der Waals surface area contributed by atoms with Gasteiger partial charge in [-0.2, -0.15) is 0 Å². The van der Waals surface area contributed by atoms with Crippen LogP contribution in [0.4, 0.5) is 0 Å². The van der Waals surface area contributed by atoms with E-state index in [1.807, 2.05) is 0 Å². The van der Waals surface area contributed by atoms with Crippen LogP contribution in [0.5, 0.6) is 0 Å². The van der Waals surface area contributed by atoms with Crippen molar-refractivity contribution in [2.45, 2.75) is 89.9 Å². The molecule has 0 aliphatic heterocycles. The van der Waals surface area contributed by atoms with Crippen molar-refractivity contribution < 1.29 is 0 Å². The third-order valence-corrected chi connectivity index (χ3v) is 12.4. The van der Waals surface area contributed by atoms with Gasteiger partial charge in [-0.25, -0.2) is 0 Å². The highest BCUT2D eigenvalue weighted by molar-refractivity contribution is 6.26. The smallest absolute Gasteiger partial charge is 0.0728 e. The van der Waals surface area contributed by atoms with Crippen molar-refractivity contribution in [2.75, 3.05) is 0 Å². The SMILES string of the molecule is CC1(C)CC(C)(C)c2c1ncc1c2c2cc(-c3c(-c4ccccc4)cccc3-c3ccccc3)cc3c4c5c(ncc4n1c23)C(C)(C)CC5(C)C. The van der Waals surface area contributed by atoms with Crippen LogP contribution in [0.15, 0.2) is 103 Å². The minimum atomic E-state index is -0.0119. The van der Waals surface area contributed by atoms with E-state index < -0.39 is 0 Å². The number of nitrogens with zero attached hydrogens (tertiary/aromatic N) is 3. The van der Waals surface area contributed by atoms with Crippen LogP contribution in [0.2, 0.25) is 0 Å². The largest absolute Gasteiger partial charge is 0.305 e. The fourth-order valence-electron chi connectivity index (χ4n) is 11.1. The Bertz CT molecular complexity index is 2550. The Morgan fingerprint density at radius 3 is 1.35 bits per heavy atom. The van der Waals surface area contributed by atoms with Crippen LogP contribution in [-0.2, 0) is 21.7 Å². The molecule has 0 saturated carbocycles. The zero-order valence-electron chi connectivity index (χ0n) is 31.1. The van der Waals surface area contributed by atoms with Crippen LogP contribution in [0, 0.1) is 0 Å². The molecule has 4 aromatic carbocycles. The molecule has 0 amide bonds. The second-order valence-corrected chi connectivity index (χ2v) is 18.1. The maximum Gasteiger partial charge on any atom is 0.0728 e. The molecular formula is C48H45N3. The Balaban J connectivity index is 1.44. The number of benzene rings is 4. The van der Waals surface area contributed by atoms with Crippen molar-refractivity contribution in [3.05, 3.63) is 126 Å². The van der Waals surface area contributed by atoms with Crippen LogP contribution in [0.3, 0.4) is 0 Å². The number of pyridine rings is 2. The lowest BCUT2D eigenvalue weighted by atomic mass is 9.80. The third-order valence-electron chi connectivity index (χ3n) is 12.4. The van der Waals surface area contributed by atoms with Gasteiger partial charge < -0.3 is 4.40 Å². The summed E-state index contributed by atoms with van der Waals surface area (Å²) in [7, 11) is 0. The topological polar surface area (TPSA) is 30.2 Å². The summed E-state index contributed by atoms with van der Waals surface area (Å²) in [6.07, 6.45) is 6.49. The molecule has 0 unspecified atom stereocenters. The first-order chi connectivity index (χ1) is 24.3. The maximum atomic E-state index is 5.31. The van der Waals surface area contributed by atoms with E-state index in [0.29, 0.717) is 0 Å². The summed E-state index contributed by atoms with van der Waals surface area (Å²) in [4.78, 5) is 10.6. The molecule has 2 aliphatic rings. The van der Waals surface area contributed by atoms with E-state index in [0.717, 1.165) is 12.8 Å². The molecule has 10 rings (SSSR count). The van der Waals surface area contributed by atoms with Crippen LogP contribution >= 0.6 is 0 Å². The molecule has 3 nitrogen and oxygen atoms in total. The molecule has 0 atom stereocenters. The molecule has 51 heavy (non-hydrogen) atoms. The van der Waals surface area contributed by atoms with Crippen LogP contribution in [0.1, 0.15) is 90.7 Å². The molecule has 0 N–H and O–H groups in total. The van der Waals surface area contributed by atoms with E-state index in [9.17, 15) is 0 Å². The van der Waals surface area contributed by atoms with E-state index in [1.54, 1.807) is 0 Å². The van der Waals surface area contributed by atoms with Gasteiger partial charge in [0.1, 0.15) is 0 Å². The fourth-order valence-corrected chi connectivity index (χ4v) is 11.1. The maximum absolute atomic E-state index is 5.31. The molecule has 4 heterocycles. The zero-order chi connectivity index (χ0) is 35.2. The fraction of sp³-hybridized carbons (Fsp3) is 0.292. The van der Waals surface area contributed by atoms with Gasteiger partial charge in [-0.15, -0.1) is 0 Å². The average molecular weight is 664 g/mol.